The molecule has 0 aromatic heterocycles. The van der Waals surface area contributed by atoms with Crippen molar-refractivity contribution in [3.8, 4) is 0 Å². The highest BCUT2D eigenvalue weighted by atomic mass is 16.4. The number of aryl methyl sites for hydroxylation is 1. The Bertz CT molecular complexity index is 665. The first kappa shape index (κ1) is 16.5. The molecule has 0 spiro atoms. The van der Waals surface area contributed by atoms with E-state index in [4.69, 9.17) is 5.11 Å². The maximum Gasteiger partial charge on any atom is 0.306 e. The molecule has 128 valence electrons. The van der Waals surface area contributed by atoms with Gasteiger partial charge in [-0.25, -0.2) is 0 Å². The summed E-state index contributed by atoms with van der Waals surface area (Å²) >= 11 is 0. The number of piperidine rings is 1. The van der Waals surface area contributed by atoms with E-state index >= 15 is 0 Å². The van der Waals surface area contributed by atoms with Crippen LogP contribution in [-0.2, 0) is 14.4 Å². The molecule has 0 bridgehead atoms. The van der Waals surface area contributed by atoms with Gasteiger partial charge in [-0.15, -0.1) is 0 Å². The Balaban J connectivity index is 1.65. The predicted octanol–water partition coefficient (Wildman–Crippen LogP) is 1.67. The monoisotopic (exact) mass is 330 g/mol. The van der Waals surface area contributed by atoms with Gasteiger partial charge in [0.1, 0.15) is 0 Å². The second kappa shape index (κ2) is 6.63. The number of aliphatic carboxylic acids is 1. The fourth-order valence-electron chi connectivity index (χ4n) is 3.58. The van der Waals surface area contributed by atoms with Crippen LogP contribution in [0.2, 0.25) is 0 Å². The van der Waals surface area contributed by atoms with Crippen LogP contribution in [0.5, 0.6) is 0 Å². The number of carbonyl (C=O) groups excluding carboxylic acids is 2. The van der Waals surface area contributed by atoms with Crippen LogP contribution in [-0.4, -0.2) is 47.4 Å². The number of carboxylic acid groups (broad SMARTS) is 1. The van der Waals surface area contributed by atoms with E-state index in [0.29, 0.717) is 32.5 Å². The molecular formula is C18H22N2O4. The molecule has 1 aromatic carbocycles. The lowest BCUT2D eigenvalue weighted by Gasteiger charge is -2.31. The third-order valence-corrected chi connectivity index (χ3v) is 5.04. The normalized spacial score (nSPS) is 22.0. The minimum atomic E-state index is -0.788. The molecule has 0 radical (unpaired) electrons. The molecule has 0 unspecified atom stereocenters. The molecule has 2 aliphatic rings. The number of carbonyl (C=O) groups is 3. The molecule has 2 saturated heterocycles. The van der Waals surface area contributed by atoms with E-state index < -0.39 is 5.97 Å². The van der Waals surface area contributed by atoms with Crippen molar-refractivity contribution >= 4 is 23.5 Å². The van der Waals surface area contributed by atoms with Crippen molar-refractivity contribution in [3.63, 3.8) is 0 Å². The van der Waals surface area contributed by atoms with E-state index in [0.717, 1.165) is 11.3 Å². The highest BCUT2D eigenvalue weighted by molar-refractivity contribution is 6.00. The SMILES string of the molecule is Cc1ccccc1N1C[C@@H](C(=O)N2CCC(C(=O)O)CC2)CC1=O. The van der Waals surface area contributed by atoms with Gasteiger partial charge in [0.25, 0.3) is 0 Å². The molecule has 2 fully saturated rings. The van der Waals surface area contributed by atoms with Crippen LogP contribution in [0.15, 0.2) is 24.3 Å². The number of nitrogens with zero attached hydrogens (tertiary/aromatic N) is 2. The summed E-state index contributed by atoms with van der Waals surface area (Å²) < 4.78 is 0. The average molecular weight is 330 g/mol. The van der Waals surface area contributed by atoms with Crippen molar-refractivity contribution < 1.29 is 19.5 Å². The molecule has 0 aliphatic carbocycles. The molecule has 24 heavy (non-hydrogen) atoms. The molecule has 1 N–H and O–H groups in total. The van der Waals surface area contributed by atoms with Gasteiger partial charge in [-0.05, 0) is 31.4 Å². The number of para-hydroxylation sites is 1. The highest BCUT2D eigenvalue weighted by Gasteiger charge is 2.38. The van der Waals surface area contributed by atoms with Crippen LogP contribution >= 0.6 is 0 Å². The number of amides is 2. The number of benzene rings is 1. The van der Waals surface area contributed by atoms with E-state index in [1.54, 1.807) is 9.80 Å². The van der Waals surface area contributed by atoms with Gasteiger partial charge in [-0.2, -0.15) is 0 Å². The Morgan fingerprint density at radius 1 is 1.12 bits per heavy atom. The van der Waals surface area contributed by atoms with E-state index in [1.807, 2.05) is 31.2 Å². The van der Waals surface area contributed by atoms with Crippen LogP contribution in [0.1, 0.15) is 24.8 Å². The standard InChI is InChI=1S/C18H22N2O4/c1-12-4-2-3-5-15(12)20-11-14(10-16(20)21)17(22)19-8-6-13(7-9-19)18(23)24/h2-5,13-14H,6-11H2,1H3,(H,23,24)/t14-/m0/s1. The summed E-state index contributed by atoms with van der Waals surface area (Å²) in [4.78, 5) is 39.5. The van der Waals surface area contributed by atoms with E-state index in [9.17, 15) is 14.4 Å². The molecule has 6 nitrogen and oxygen atoms in total. The first-order valence-electron chi connectivity index (χ1n) is 8.35. The van der Waals surface area contributed by atoms with Crippen molar-refractivity contribution in [1.82, 2.24) is 4.90 Å². The molecule has 6 heteroatoms. The largest absolute Gasteiger partial charge is 0.481 e. The number of hydrogen-bond acceptors (Lipinski definition) is 3. The molecule has 0 saturated carbocycles. The van der Waals surface area contributed by atoms with Gasteiger partial charge in [-0.1, -0.05) is 18.2 Å². The topological polar surface area (TPSA) is 77.9 Å². The summed E-state index contributed by atoms with van der Waals surface area (Å²) in [6.45, 7) is 3.28. The lowest BCUT2D eigenvalue weighted by Crippen LogP contribution is -2.43. The Kier molecular flexibility index (Phi) is 4.55. The number of carboxylic acids is 1. The number of hydrogen-bond donors (Lipinski definition) is 1. The molecular weight excluding hydrogens is 308 g/mol. The van der Waals surface area contributed by atoms with E-state index in [1.165, 1.54) is 0 Å². The third-order valence-electron chi connectivity index (χ3n) is 5.04. The fraction of sp³-hybridized carbons (Fsp3) is 0.500. The molecule has 2 heterocycles. The summed E-state index contributed by atoms with van der Waals surface area (Å²) in [7, 11) is 0. The Morgan fingerprint density at radius 3 is 2.42 bits per heavy atom. The molecule has 2 aliphatic heterocycles. The predicted molar refractivity (Wildman–Crippen MR) is 88.6 cm³/mol. The van der Waals surface area contributed by atoms with Crippen molar-refractivity contribution in [2.75, 3.05) is 24.5 Å². The Labute approximate surface area is 141 Å². The van der Waals surface area contributed by atoms with Crippen LogP contribution in [0, 0.1) is 18.8 Å². The van der Waals surface area contributed by atoms with Crippen LogP contribution in [0.25, 0.3) is 0 Å². The number of rotatable bonds is 3. The zero-order valence-corrected chi connectivity index (χ0v) is 13.8. The Morgan fingerprint density at radius 2 is 1.79 bits per heavy atom. The van der Waals surface area contributed by atoms with Crippen molar-refractivity contribution in [3.05, 3.63) is 29.8 Å². The van der Waals surface area contributed by atoms with Gasteiger partial charge < -0.3 is 14.9 Å². The summed E-state index contributed by atoms with van der Waals surface area (Å²) in [6.07, 6.45) is 1.21. The lowest BCUT2D eigenvalue weighted by atomic mass is 9.95. The van der Waals surface area contributed by atoms with Crippen LogP contribution in [0.4, 0.5) is 5.69 Å². The van der Waals surface area contributed by atoms with Gasteiger partial charge in [0, 0.05) is 31.7 Å². The molecule has 1 aromatic rings. The maximum atomic E-state index is 12.7. The van der Waals surface area contributed by atoms with Crippen LogP contribution in [0.3, 0.4) is 0 Å². The van der Waals surface area contributed by atoms with Gasteiger partial charge in [0.2, 0.25) is 11.8 Å². The van der Waals surface area contributed by atoms with Gasteiger partial charge in [0.15, 0.2) is 0 Å². The quantitative estimate of drug-likeness (QED) is 0.914. The zero-order valence-electron chi connectivity index (χ0n) is 13.8. The first-order chi connectivity index (χ1) is 11.5. The molecule has 3 rings (SSSR count). The molecule has 2 amide bonds. The average Bonchev–Trinajstić information content (AvgIpc) is 2.96. The minimum absolute atomic E-state index is 0.0247. The zero-order chi connectivity index (χ0) is 17.3. The minimum Gasteiger partial charge on any atom is -0.481 e. The maximum absolute atomic E-state index is 12.7. The number of likely N-dealkylation sites (tertiary alicyclic amines) is 1. The second-order valence-electron chi connectivity index (χ2n) is 6.63. The summed E-state index contributed by atoms with van der Waals surface area (Å²) in [5, 5.41) is 9.04. The van der Waals surface area contributed by atoms with Gasteiger partial charge in [0.05, 0.1) is 11.8 Å². The van der Waals surface area contributed by atoms with E-state index in [2.05, 4.69) is 0 Å². The third kappa shape index (κ3) is 3.13. The number of anilines is 1. The van der Waals surface area contributed by atoms with Gasteiger partial charge in [-0.3, -0.25) is 14.4 Å². The van der Waals surface area contributed by atoms with Crippen molar-refractivity contribution in [1.29, 1.82) is 0 Å². The van der Waals surface area contributed by atoms with Crippen LogP contribution < -0.4 is 4.90 Å². The first-order valence-corrected chi connectivity index (χ1v) is 8.35. The summed E-state index contributed by atoms with van der Waals surface area (Å²) in [5.41, 5.74) is 1.88. The smallest absolute Gasteiger partial charge is 0.306 e. The highest BCUT2D eigenvalue weighted by Crippen LogP contribution is 2.29. The van der Waals surface area contributed by atoms with Crippen molar-refractivity contribution in [2.24, 2.45) is 11.8 Å². The lowest BCUT2D eigenvalue weighted by molar-refractivity contribution is -0.146. The van der Waals surface area contributed by atoms with Crippen molar-refractivity contribution in [2.45, 2.75) is 26.2 Å². The van der Waals surface area contributed by atoms with E-state index in [-0.39, 0.29) is 30.1 Å². The molecule has 1 atom stereocenters. The second-order valence-corrected chi connectivity index (χ2v) is 6.63. The summed E-state index contributed by atoms with van der Waals surface area (Å²) in [6, 6.07) is 7.67. The van der Waals surface area contributed by atoms with Gasteiger partial charge >= 0.3 is 5.97 Å². The fourth-order valence-corrected chi connectivity index (χ4v) is 3.58. The Hall–Kier alpha value is -2.37. The summed E-state index contributed by atoms with van der Waals surface area (Å²) in [5.74, 6) is -1.53.